The van der Waals surface area contributed by atoms with Gasteiger partial charge in [0.05, 0.1) is 5.25 Å². The zero-order valence-electron chi connectivity index (χ0n) is 17.4. The fraction of sp³-hybridized carbons (Fsp3) is 0.571. The number of thioether (sulfide) groups is 1. The van der Waals surface area contributed by atoms with Crippen molar-refractivity contribution in [1.29, 1.82) is 0 Å². The van der Waals surface area contributed by atoms with Gasteiger partial charge in [-0.3, -0.25) is 4.79 Å². The summed E-state index contributed by atoms with van der Waals surface area (Å²) in [4.78, 5) is 17.0. The van der Waals surface area contributed by atoms with E-state index in [0.29, 0.717) is 11.1 Å². The van der Waals surface area contributed by atoms with Crippen LogP contribution in [0.3, 0.4) is 0 Å². The summed E-state index contributed by atoms with van der Waals surface area (Å²) in [6, 6.07) is 8.19. The number of likely N-dealkylation sites (N-methyl/N-ethyl adjacent to an activating group) is 1. The van der Waals surface area contributed by atoms with Crippen LogP contribution in [0, 0.1) is 0 Å². The number of nitrogens with zero attached hydrogens (tertiary/aromatic N) is 4. The summed E-state index contributed by atoms with van der Waals surface area (Å²) in [6.07, 6.45) is 0. The van der Waals surface area contributed by atoms with Crippen molar-refractivity contribution >= 4 is 17.7 Å². The van der Waals surface area contributed by atoms with E-state index in [-0.39, 0.29) is 16.6 Å². The molecule has 1 unspecified atom stereocenters. The van der Waals surface area contributed by atoms with Gasteiger partial charge in [-0.25, -0.2) is 0 Å². The standard InChI is InChI=1S/C21H30N4O2S/c1-6-24-11-13-25(14-12-24)19(26)15(2)28-20-23-22-18(27-20)16-7-9-17(10-8-16)21(3,4)5/h7-10,15H,6,11-14H2,1-5H3. The number of carbonyl (C=O) groups is 1. The van der Waals surface area contributed by atoms with Crippen molar-refractivity contribution in [1.82, 2.24) is 20.0 Å². The minimum atomic E-state index is -0.246. The molecule has 1 aliphatic rings. The summed E-state index contributed by atoms with van der Waals surface area (Å²) in [6.45, 7) is 15.1. The van der Waals surface area contributed by atoms with Gasteiger partial charge in [0, 0.05) is 31.7 Å². The van der Waals surface area contributed by atoms with Gasteiger partial charge in [0.2, 0.25) is 11.8 Å². The van der Waals surface area contributed by atoms with Gasteiger partial charge in [-0.05, 0) is 36.6 Å². The molecule has 1 atom stereocenters. The summed E-state index contributed by atoms with van der Waals surface area (Å²) in [5.74, 6) is 0.620. The van der Waals surface area contributed by atoms with Crippen molar-refractivity contribution < 1.29 is 9.21 Å². The quantitative estimate of drug-likeness (QED) is 0.711. The highest BCUT2D eigenvalue weighted by molar-refractivity contribution is 8.00. The number of aromatic nitrogens is 2. The van der Waals surface area contributed by atoms with Crippen LogP contribution >= 0.6 is 11.8 Å². The van der Waals surface area contributed by atoms with Crippen molar-refractivity contribution in [3.63, 3.8) is 0 Å². The third-order valence-electron chi connectivity index (χ3n) is 5.16. The molecule has 2 aromatic rings. The lowest BCUT2D eigenvalue weighted by molar-refractivity contribution is -0.132. The average molecular weight is 403 g/mol. The molecule has 28 heavy (non-hydrogen) atoms. The van der Waals surface area contributed by atoms with Gasteiger partial charge in [-0.2, -0.15) is 0 Å². The smallest absolute Gasteiger partial charge is 0.277 e. The Labute approximate surface area is 171 Å². The topological polar surface area (TPSA) is 62.5 Å². The molecular weight excluding hydrogens is 372 g/mol. The number of amides is 1. The van der Waals surface area contributed by atoms with Crippen LogP contribution < -0.4 is 0 Å². The van der Waals surface area contributed by atoms with E-state index in [1.807, 2.05) is 24.0 Å². The molecule has 152 valence electrons. The number of benzene rings is 1. The fourth-order valence-corrected chi connectivity index (χ4v) is 4.00. The second-order valence-corrected chi connectivity index (χ2v) is 9.51. The van der Waals surface area contributed by atoms with Gasteiger partial charge < -0.3 is 14.2 Å². The van der Waals surface area contributed by atoms with Gasteiger partial charge in [-0.1, -0.05) is 51.6 Å². The van der Waals surface area contributed by atoms with Crippen LogP contribution in [0.25, 0.3) is 11.5 Å². The van der Waals surface area contributed by atoms with E-state index >= 15 is 0 Å². The Balaban J connectivity index is 1.60. The maximum Gasteiger partial charge on any atom is 0.277 e. The molecule has 0 spiro atoms. The lowest BCUT2D eigenvalue weighted by Crippen LogP contribution is -2.50. The average Bonchev–Trinajstić information content (AvgIpc) is 3.15. The molecule has 1 fully saturated rings. The number of hydrogen-bond donors (Lipinski definition) is 0. The first-order valence-electron chi connectivity index (χ1n) is 9.90. The molecule has 7 heteroatoms. The fourth-order valence-electron chi connectivity index (χ4n) is 3.23. The Hall–Kier alpha value is -1.86. The van der Waals surface area contributed by atoms with Crippen LogP contribution in [0.2, 0.25) is 0 Å². The Kier molecular flexibility index (Phi) is 6.45. The highest BCUT2D eigenvalue weighted by Crippen LogP contribution is 2.29. The molecule has 0 saturated carbocycles. The van der Waals surface area contributed by atoms with Crippen molar-refractivity contribution in [2.75, 3.05) is 32.7 Å². The van der Waals surface area contributed by atoms with Crippen molar-refractivity contribution in [3.8, 4) is 11.5 Å². The van der Waals surface area contributed by atoms with Crippen LogP contribution in [-0.4, -0.2) is 63.9 Å². The zero-order chi connectivity index (χ0) is 20.3. The Morgan fingerprint density at radius 3 is 2.36 bits per heavy atom. The van der Waals surface area contributed by atoms with Crippen LogP contribution in [-0.2, 0) is 10.2 Å². The first-order chi connectivity index (χ1) is 13.3. The van der Waals surface area contributed by atoms with Crippen molar-refractivity contribution in [2.45, 2.75) is 50.5 Å². The maximum absolute atomic E-state index is 12.7. The molecule has 1 amide bonds. The van der Waals surface area contributed by atoms with E-state index < -0.39 is 0 Å². The van der Waals surface area contributed by atoms with Gasteiger partial charge >= 0.3 is 0 Å². The monoisotopic (exact) mass is 402 g/mol. The molecule has 1 aromatic carbocycles. The molecule has 1 aliphatic heterocycles. The van der Waals surface area contributed by atoms with Crippen LogP contribution in [0.4, 0.5) is 0 Å². The number of rotatable bonds is 5. The largest absolute Gasteiger partial charge is 0.411 e. The van der Waals surface area contributed by atoms with E-state index in [1.165, 1.54) is 17.3 Å². The SMILES string of the molecule is CCN1CCN(C(=O)C(C)Sc2nnc(-c3ccc(C(C)(C)C)cc3)o2)CC1. The lowest BCUT2D eigenvalue weighted by atomic mass is 9.87. The second kappa shape index (κ2) is 8.66. The first-order valence-corrected chi connectivity index (χ1v) is 10.8. The third kappa shape index (κ3) is 4.94. The lowest BCUT2D eigenvalue weighted by Gasteiger charge is -2.35. The van der Waals surface area contributed by atoms with Gasteiger partial charge in [0.15, 0.2) is 0 Å². The molecule has 1 aromatic heterocycles. The summed E-state index contributed by atoms with van der Waals surface area (Å²) >= 11 is 1.33. The van der Waals surface area contributed by atoms with E-state index in [1.54, 1.807) is 0 Å². The van der Waals surface area contributed by atoms with Gasteiger partial charge in [0.25, 0.3) is 5.22 Å². The summed E-state index contributed by atoms with van der Waals surface area (Å²) in [5, 5.41) is 8.47. The predicted molar refractivity (Wildman–Crippen MR) is 112 cm³/mol. The summed E-state index contributed by atoms with van der Waals surface area (Å²) in [5.41, 5.74) is 2.25. The third-order valence-corrected chi connectivity index (χ3v) is 6.08. The van der Waals surface area contributed by atoms with E-state index in [4.69, 9.17) is 4.42 Å². The van der Waals surface area contributed by atoms with E-state index in [9.17, 15) is 4.79 Å². The molecule has 0 N–H and O–H groups in total. The van der Waals surface area contributed by atoms with E-state index in [2.05, 4.69) is 54.9 Å². The summed E-state index contributed by atoms with van der Waals surface area (Å²) < 4.78 is 5.80. The number of carbonyl (C=O) groups excluding carboxylic acids is 1. The molecule has 2 heterocycles. The number of hydrogen-bond acceptors (Lipinski definition) is 6. The van der Waals surface area contributed by atoms with Crippen molar-refractivity contribution in [2.24, 2.45) is 0 Å². The normalized spacial score (nSPS) is 17.0. The molecular formula is C21H30N4O2S. The van der Waals surface area contributed by atoms with Gasteiger partial charge in [0.1, 0.15) is 0 Å². The Morgan fingerprint density at radius 1 is 1.14 bits per heavy atom. The molecule has 0 aliphatic carbocycles. The molecule has 3 rings (SSSR count). The van der Waals surface area contributed by atoms with Crippen LogP contribution in [0.1, 0.15) is 40.2 Å². The second-order valence-electron chi connectivity index (χ2n) is 8.22. The minimum absolute atomic E-state index is 0.104. The summed E-state index contributed by atoms with van der Waals surface area (Å²) in [7, 11) is 0. The van der Waals surface area contributed by atoms with E-state index in [0.717, 1.165) is 38.3 Å². The number of piperazine rings is 1. The minimum Gasteiger partial charge on any atom is -0.411 e. The van der Waals surface area contributed by atoms with Crippen molar-refractivity contribution in [3.05, 3.63) is 29.8 Å². The van der Waals surface area contributed by atoms with Crippen LogP contribution in [0.5, 0.6) is 0 Å². The highest BCUT2D eigenvalue weighted by Gasteiger charge is 2.26. The Bertz CT molecular complexity index is 789. The first kappa shape index (κ1) is 20.9. The zero-order valence-corrected chi connectivity index (χ0v) is 18.3. The Morgan fingerprint density at radius 2 is 1.79 bits per heavy atom. The molecule has 6 nitrogen and oxygen atoms in total. The predicted octanol–water partition coefficient (Wildman–Crippen LogP) is 3.68. The molecule has 1 saturated heterocycles. The maximum atomic E-state index is 12.7. The molecule has 0 bridgehead atoms. The highest BCUT2D eigenvalue weighted by atomic mass is 32.2. The van der Waals surface area contributed by atoms with Crippen LogP contribution in [0.15, 0.2) is 33.9 Å². The van der Waals surface area contributed by atoms with Gasteiger partial charge in [-0.15, -0.1) is 10.2 Å². The molecule has 0 radical (unpaired) electrons.